The van der Waals surface area contributed by atoms with Gasteiger partial charge in [0.25, 0.3) is 0 Å². The Bertz CT molecular complexity index is 1150. The second-order valence-electron chi connectivity index (χ2n) is 9.61. The summed E-state index contributed by atoms with van der Waals surface area (Å²) in [5, 5.41) is 0. The second-order valence-corrected chi connectivity index (χ2v) is 9.61. The van der Waals surface area contributed by atoms with Crippen LogP contribution in [-0.2, 0) is 0 Å². The predicted molar refractivity (Wildman–Crippen MR) is 142 cm³/mol. The van der Waals surface area contributed by atoms with Gasteiger partial charge in [0.2, 0.25) is 0 Å². The molecule has 0 N–H and O–H groups in total. The molecule has 33 heavy (non-hydrogen) atoms. The molecule has 0 atom stereocenters. The van der Waals surface area contributed by atoms with E-state index < -0.39 is 0 Å². The fraction of sp³-hybridized carbons (Fsp3) is 0.250. The normalized spacial score (nSPS) is 18.1. The van der Waals surface area contributed by atoms with E-state index in [4.69, 9.17) is 0 Å². The van der Waals surface area contributed by atoms with Gasteiger partial charge in [-0.2, -0.15) is 0 Å². The molecule has 0 bridgehead atoms. The first-order valence-electron chi connectivity index (χ1n) is 12.3. The molecule has 4 aromatic carbocycles. The minimum Gasteiger partial charge on any atom is -0.338 e. The first-order chi connectivity index (χ1) is 16.2. The third-order valence-corrected chi connectivity index (χ3v) is 7.13. The highest BCUT2D eigenvalue weighted by Gasteiger charge is 2.25. The molecule has 1 saturated carbocycles. The third kappa shape index (κ3) is 4.88. The SMILES string of the molecule is Cc1ccc(N(c2ccc(-c3ccc(-c4ccccc4)cc3)cc2)C2CCC(C)CC2)cc1. The molecule has 0 unspecified atom stereocenters. The van der Waals surface area contributed by atoms with Crippen LogP contribution in [0.5, 0.6) is 0 Å². The average Bonchev–Trinajstić information content (AvgIpc) is 2.88. The van der Waals surface area contributed by atoms with Gasteiger partial charge in [0.1, 0.15) is 0 Å². The molecule has 0 radical (unpaired) electrons. The lowest BCUT2D eigenvalue weighted by Crippen LogP contribution is -2.34. The maximum Gasteiger partial charge on any atom is 0.0413 e. The summed E-state index contributed by atoms with van der Waals surface area (Å²) in [5.74, 6) is 0.849. The van der Waals surface area contributed by atoms with Crippen LogP contribution >= 0.6 is 0 Å². The molecule has 5 rings (SSSR count). The maximum absolute atomic E-state index is 2.58. The highest BCUT2D eigenvalue weighted by Crippen LogP contribution is 2.37. The van der Waals surface area contributed by atoms with Crippen molar-refractivity contribution < 1.29 is 0 Å². The molecule has 4 aromatic rings. The van der Waals surface area contributed by atoms with Gasteiger partial charge < -0.3 is 4.90 Å². The van der Waals surface area contributed by atoms with Crippen LogP contribution in [0.2, 0.25) is 0 Å². The molecular weight excluding hydrogens is 398 g/mol. The number of anilines is 2. The van der Waals surface area contributed by atoms with E-state index in [9.17, 15) is 0 Å². The summed E-state index contributed by atoms with van der Waals surface area (Å²) in [5.41, 5.74) is 8.95. The standard InChI is InChI=1S/C32H33N/c1-24-8-18-30(19-9-24)33(31-20-10-25(2)11-21-31)32-22-16-29(17-23-32)28-14-12-27(13-15-28)26-6-4-3-5-7-26/h3-9,12-19,22-23,25,31H,10-11,20-21H2,1-2H3. The average molecular weight is 432 g/mol. The quantitative estimate of drug-likeness (QED) is 0.304. The van der Waals surface area contributed by atoms with Crippen LogP contribution in [0.15, 0.2) is 103 Å². The van der Waals surface area contributed by atoms with Crippen LogP contribution in [0, 0.1) is 12.8 Å². The van der Waals surface area contributed by atoms with Gasteiger partial charge in [-0.05, 0) is 85.0 Å². The van der Waals surface area contributed by atoms with Crippen molar-refractivity contribution >= 4 is 11.4 Å². The van der Waals surface area contributed by atoms with Crippen LogP contribution in [0.3, 0.4) is 0 Å². The van der Waals surface area contributed by atoms with Gasteiger partial charge >= 0.3 is 0 Å². The smallest absolute Gasteiger partial charge is 0.0413 e. The van der Waals surface area contributed by atoms with E-state index in [2.05, 4.69) is 122 Å². The summed E-state index contributed by atoms with van der Waals surface area (Å²) in [6.45, 7) is 4.55. The van der Waals surface area contributed by atoms with Crippen LogP contribution < -0.4 is 4.90 Å². The summed E-state index contributed by atoms with van der Waals surface area (Å²) < 4.78 is 0. The minimum absolute atomic E-state index is 0.569. The lowest BCUT2D eigenvalue weighted by molar-refractivity contribution is 0.345. The zero-order chi connectivity index (χ0) is 22.6. The van der Waals surface area contributed by atoms with E-state index in [1.54, 1.807) is 0 Å². The molecule has 1 fully saturated rings. The van der Waals surface area contributed by atoms with Gasteiger partial charge in [0, 0.05) is 17.4 Å². The molecule has 0 saturated heterocycles. The summed E-state index contributed by atoms with van der Waals surface area (Å²) in [6, 6.07) is 38.2. The summed E-state index contributed by atoms with van der Waals surface area (Å²) in [6.07, 6.45) is 5.16. The Morgan fingerprint density at radius 1 is 0.515 bits per heavy atom. The van der Waals surface area contributed by atoms with E-state index >= 15 is 0 Å². The van der Waals surface area contributed by atoms with Crippen molar-refractivity contribution in [2.45, 2.75) is 45.6 Å². The molecule has 0 aliphatic heterocycles. The fourth-order valence-electron chi connectivity index (χ4n) is 5.08. The number of nitrogens with zero attached hydrogens (tertiary/aromatic N) is 1. The largest absolute Gasteiger partial charge is 0.338 e. The van der Waals surface area contributed by atoms with Crippen molar-refractivity contribution in [3.05, 3.63) is 109 Å². The number of benzene rings is 4. The Balaban J connectivity index is 1.41. The van der Waals surface area contributed by atoms with Gasteiger partial charge in [0.15, 0.2) is 0 Å². The van der Waals surface area contributed by atoms with Crippen LogP contribution in [0.25, 0.3) is 22.3 Å². The number of aryl methyl sites for hydroxylation is 1. The van der Waals surface area contributed by atoms with Crippen LogP contribution in [0.4, 0.5) is 11.4 Å². The predicted octanol–water partition coefficient (Wildman–Crippen LogP) is 9.05. The molecule has 166 valence electrons. The van der Waals surface area contributed by atoms with Gasteiger partial charge in [-0.15, -0.1) is 0 Å². The number of rotatable bonds is 5. The lowest BCUT2D eigenvalue weighted by Gasteiger charge is -2.38. The van der Waals surface area contributed by atoms with Gasteiger partial charge in [-0.25, -0.2) is 0 Å². The molecule has 1 aliphatic rings. The number of hydrogen-bond acceptors (Lipinski definition) is 1. The van der Waals surface area contributed by atoms with Crippen molar-refractivity contribution in [3.8, 4) is 22.3 Å². The van der Waals surface area contributed by atoms with E-state index in [1.165, 1.54) is 64.9 Å². The molecule has 1 nitrogen and oxygen atoms in total. The van der Waals surface area contributed by atoms with Gasteiger partial charge in [0.05, 0.1) is 0 Å². The molecule has 0 spiro atoms. The Labute approximate surface area is 198 Å². The van der Waals surface area contributed by atoms with Gasteiger partial charge in [-0.1, -0.05) is 91.3 Å². The zero-order valence-electron chi connectivity index (χ0n) is 19.7. The maximum atomic E-state index is 2.58. The highest BCUT2D eigenvalue weighted by atomic mass is 15.2. The third-order valence-electron chi connectivity index (χ3n) is 7.13. The Morgan fingerprint density at radius 2 is 0.939 bits per heavy atom. The van der Waals surface area contributed by atoms with E-state index in [-0.39, 0.29) is 0 Å². The summed E-state index contributed by atoms with van der Waals surface area (Å²) in [4.78, 5) is 2.58. The van der Waals surface area contributed by atoms with E-state index in [0.717, 1.165) is 5.92 Å². The fourth-order valence-corrected chi connectivity index (χ4v) is 5.08. The summed E-state index contributed by atoms with van der Waals surface area (Å²) >= 11 is 0. The molecule has 1 heteroatoms. The highest BCUT2D eigenvalue weighted by molar-refractivity contribution is 5.73. The molecule has 0 amide bonds. The molecule has 1 aliphatic carbocycles. The van der Waals surface area contributed by atoms with E-state index in [1.807, 2.05) is 0 Å². The Hall–Kier alpha value is -3.32. The molecule has 0 heterocycles. The van der Waals surface area contributed by atoms with Crippen molar-refractivity contribution in [2.75, 3.05) is 4.90 Å². The van der Waals surface area contributed by atoms with Crippen molar-refractivity contribution in [2.24, 2.45) is 5.92 Å². The Morgan fingerprint density at radius 3 is 1.45 bits per heavy atom. The van der Waals surface area contributed by atoms with Crippen LogP contribution in [0.1, 0.15) is 38.2 Å². The van der Waals surface area contributed by atoms with Crippen molar-refractivity contribution in [1.29, 1.82) is 0 Å². The first kappa shape index (κ1) is 21.5. The van der Waals surface area contributed by atoms with E-state index in [0.29, 0.717) is 6.04 Å². The minimum atomic E-state index is 0.569. The monoisotopic (exact) mass is 431 g/mol. The van der Waals surface area contributed by atoms with Gasteiger partial charge in [-0.3, -0.25) is 0 Å². The van der Waals surface area contributed by atoms with Crippen molar-refractivity contribution in [3.63, 3.8) is 0 Å². The van der Waals surface area contributed by atoms with Crippen molar-refractivity contribution in [1.82, 2.24) is 0 Å². The molecule has 0 aromatic heterocycles. The lowest BCUT2D eigenvalue weighted by atomic mass is 9.86. The zero-order valence-corrected chi connectivity index (χ0v) is 19.7. The molecular formula is C32H33N. The second kappa shape index (κ2) is 9.67. The van der Waals surface area contributed by atoms with Crippen LogP contribution in [-0.4, -0.2) is 6.04 Å². The summed E-state index contributed by atoms with van der Waals surface area (Å²) in [7, 11) is 0. The first-order valence-corrected chi connectivity index (χ1v) is 12.3. The topological polar surface area (TPSA) is 3.24 Å². The number of hydrogen-bond donors (Lipinski definition) is 0. The Kier molecular flexibility index (Phi) is 6.30.